The number of anilines is 1. The second kappa shape index (κ2) is 5.46. The van der Waals surface area contributed by atoms with Crippen LogP contribution >= 0.6 is 0 Å². The fourth-order valence-corrected chi connectivity index (χ4v) is 1.06. The molecule has 0 saturated heterocycles. The number of hydrogen-bond donors (Lipinski definition) is 4. The summed E-state index contributed by atoms with van der Waals surface area (Å²) in [6.45, 7) is 0.543. The normalized spacial score (nSPS) is 13.5. The zero-order valence-electron chi connectivity index (χ0n) is 9.61. The smallest absolute Gasteiger partial charge is 0.337 e. The highest BCUT2D eigenvalue weighted by atomic mass is 19.1. The number of aliphatic carboxylic acids is 1. The van der Waals surface area contributed by atoms with Crippen molar-refractivity contribution in [2.75, 3.05) is 11.9 Å². The van der Waals surface area contributed by atoms with Crippen LogP contribution in [0, 0.1) is 5.82 Å². The van der Waals surface area contributed by atoms with Gasteiger partial charge in [-0.25, -0.2) is 14.0 Å². The van der Waals surface area contributed by atoms with E-state index in [2.05, 4.69) is 10.6 Å². The fourth-order valence-electron chi connectivity index (χ4n) is 1.06. The minimum absolute atomic E-state index is 0.0371. The lowest BCUT2D eigenvalue weighted by molar-refractivity contribution is -0.155. The van der Waals surface area contributed by atoms with Gasteiger partial charge >= 0.3 is 12.0 Å². The Kier molecular flexibility index (Phi) is 4.22. The van der Waals surface area contributed by atoms with Crippen LogP contribution in [-0.2, 0) is 4.79 Å². The molecule has 1 atom stereocenters. The average Bonchev–Trinajstić information content (AvgIpc) is 2.29. The molecule has 1 unspecified atom stereocenters. The summed E-state index contributed by atoms with van der Waals surface area (Å²) in [5.74, 6) is -2.08. The molecule has 18 heavy (non-hydrogen) atoms. The number of carbonyl (C=O) groups excluding carboxylic acids is 1. The van der Waals surface area contributed by atoms with Gasteiger partial charge in [-0.05, 0) is 19.1 Å². The van der Waals surface area contributed by atoms with Gasteiger partial charge in [0.05, 0.1) is 12.2 Å². The number of amides is 2. The Morgan fingerprint density at radius 2 is 2.00 bits per heavy atom. The van der Waals surface area contributed by atoms with E-state index in [1.54, 1.807) is 0 Å². The van der Waals surface area contributed by atoms with Gasteiger partial charge in [-0.15, -0.1) is 0 Å². The summed E-state index contributed by atoms with van der Waals surface area (Å²) in [6, 6.07) is 4.72. The Hall–Kier alpha value is -2.15. The number of carboxylic acids is 1. The number of urea groups is 1. The van der Waals surface area contributed by atoms with Crippen molar-refractivity contribution in [3.8, 4) is 0 Å². The molecule has 0 saturated carbocycles. The summed E-state index contributed by atoms with van der Waals surface area (Å²) in [5, 5.41) is 22.3. The van der Waals surface area contributed by atoms with Crippen molar-refractivity contribution in [2.24, 2.45) is 0 Å². The number of rotatable bonds is 4. The summed E-state index contributed by atoms with van der Waals surface area (Å²) >= 11 is 0. The van der Waals surface area contributed by atoms with Gasteiger partial charge in [-0.2, -0.15) is 0 Å². The third-order valence-electron chi connectivity index (χ3n) is 2.18. The molecule has 0 aromatic heterocycles. The molecule has 98 valence electrons. The molecule has 6 nitrogen and oxygen atoms in total. The number of benzene rings is 1. The zero-order chi connectivity index (χ0) is 13.8. The highest BCUT2D eigenvalue weighted by Gasteiger charge is 2.30. The molecule has 0 aliphatic heterocycles. The lowest BCUT2D eigenvalue weighted by atomic mass is 10.1. The van der Waals surface area contributed by atoms with Crippen LogP contribution in [-0.4, -0.2) is 34.4 Å². The molecular weight excluding hydrogens is 243 g/mol. The molecule has 0 bridgehead atoms. The lowest BCUT2D eigenvalue weighted by Crippen LogP contribution is -2.47. The van der Waals surface area contributed by atoms with Crippen LogP contribution in [0.4, 0.5) is 14.9 Å². The number of halogens is 1. The van der Waals surface area contributed by atoms with Gasteiger partial charge in [0.2, 0.25) is 0 Å². The van der Waals surface area contributed by atoms with E-state index in [1.165, 1.54) is 24.3 Å². The van der Waals surface area contributed by atoms with Crippen LogP contribution in [0.1, 0.15) is 6.92 Å². The predicted molar refractivity (Wildman–Crippen MR) is 61.7 cm³/mol. The second-order valence-corrected chi connectivity index (χ2v) is 3.87. The first-order valence-corrected chi connectivity index (χ1v) is 5.08. The van der Waals surface area contributed by atoms with E-state index >= 15 is 0 Å². The van der Waals surface area contributed by atoms with Gasteiger partial charge in [-0.3, -0.25) is 0 Å². The molecule has 1 rings (SSSR count). The van der Waals surface area contributed by atoms with Gasteiger partial charge in [0.25, 0.3) is 0 Å². The Bertz CT molecular complexity index is 462. The Labute approximate surface area is 102 Å². The molecule has 4 N–H and O–H groups in total. The van der Waals surface area contributed by atoms with Crippen molar-refractivity contribution in [1.82, 2.24) is 5.32 Å². The summed E-state index contributed by atoms with van der Waals surface area (Å²) in [5.41, 5.74) is -2.11. The monoisotopic (exact) mass is 256 g/mol. The molecule has 0 aliphatic rings. The predicted octanol–water partition coefficient (Wildman–Crippen LogP) is 0.783. The number of carboxylic acid groups (broad SMARTS) is 1. The largest absolute Gasteiger partial charge is 0.479 e. The lowest BCUT2D eigenvalue weighted by Gasteiger charge is -2.18. The molecule has 1 aromatic rings. The minimum atomic E-state index is -2.08. The third kappa shape index (κ3) is 3.70. The number of aliphatic hydroxyl groups is 1. The van der Waals surface area contributed by atoms with Crippen LogP contribution in [0.25, 0.3) is 0 Å². The van der Waals surface area contributed by atoms with E-state index in [0.29, 0.717) is 0 Å². The highest BCUT2D eigenvalue weighted by molar-refractivity contribution is 5.90. The van der Waals surface area contributed by atoms with Crippen LogP contribution < -0.4 is 10.6 Å². The van der Waals surface area contributed by atoms with E-state index in [0.717, 1.165) is 6.92 Å². The standard InChI is InChI=1S/C11H13FN2O4/c1-11(18,9(15)16)6-13-10(17)14-8-5-3-2-4-7(8)12/h2-5,18H,6H2,1H3,(H,15,16)(H2,13,14,17). The molecule has 1 aromatic carbocycles. The van der Waals surface area contributed by atoms with Crippen LogP contribution in [0.15, 0.2) is 24.3 Å². The molecule has 0 aliphatic carbocycles. The summed E-state index contributed by atoms with van der Waals surface area (Å²) in [7, 11) is 0. The Balaban J connectivity index is 2.54. The molecule has 0 radical (unpaired) electrons. The minimum Gasteiger partial charge on any atom is -0.479 e. The van der Waals surface area contributed by atoms with Crippen molar-refractivity contribution >= 4 is 17.7 Å². The Morgan fingerprint density at radius 3 is 2.56 bits per heavy atom. The van der Waals surface area contributed by atoms with E-state index < -0.39 is 30.0 Å². The van der Waals surface area contributed by atoms with Crippen molar-refractivity contribution < 1.29 is 24.2 Å². The van der Waals surface area contributed by atoms with Crippen molar-refractivity contribution in [2.45, 2.75) is 12.5 Å². The zero-order valence-corrected chi connectivity index (χ0v) is 9.61. The summed E-state index contributed by atoms with van der Waals surface area (Å²) < 4.78 is 13.2. The Morgan fingerprint density at radius 1 is 1.39 bits per heavy atom. The van der Waals surface area contributed by atoms with E-state index in [-0.39, 0.29) is 5.69 Å². The van der Waals surface area contributed by atoms with Gasteiger partial charge in [0.1, 0.15) is 5.82 Å². The number of para-hydroxylation sites is 1. The van der Waals surface area contributed by atoms with Crippen LogP contribution in [0.5, 0.6) is 0 Å². The third-order valence-corrected chi connectivity index (χ3v) is 2.18. The first-order chi connectivity index (χ1) is 8.33. The highest BCUT2D eigenvalue weighted by Crippen LogP contribution is 2.11. The molecular formula is C11H13FN2O4. The molecule has 2 amide bonds. The van der Waals surface area contributed by atoms with Crippen molar-refractivity contribution in [3.05, 3.63) is 30.1 Å². The number of carbonyl (C=O) groups is 2. The van der Waals surface area contributed by atoms with Gasteiger partial charge in [-0.1, -0.05) is 12.1 Å². The van der Waals surface area contributed by atoms with E-state index in [1.807, 2.05) is 0 Å². The average molecular weight is 256 g/mol. The van der Waals surface area contributed by atoms with Crippen LogP contribution in [0.2, 0.25) is 0 Å². The van der Waals surface area contributed by atoms with Crippen molar-refractivity contribution in [1.29, 1.82) is 0 Å². The first kappa shape index (κ1) is 13.9. The second-order valence-electron chi connectivity index (χ2n) is 3.87. The van der Waals surface area contributed by atoms with Gasteiger partial charge < -0.3 is 20.8 Å². The maximum absolute atomic E-state index is 13.2. The molecule has 0 heterocycles. The van der Waals surface area contributed by atoms with Crippen molar-refractivity contribution in [3.63, 3.8) is 0 Å². The van der Waals surface area contributed by atoms with E-state index in [4.69, 9.17) is 5.11 Å². The molecule has 7 heteroatoms. The fraction of sp³-hybridized carbons (Fsp3) is 0.273. The molecule has 0 spiro atoms. The van der Waals surface area contributed by atoms with Gasteiger partial charge in [0, 0.05) is 0 Å². The number of nitrogens with one attached hydrogen (secondary N) is 2. The SMILES string of the molecule is CC(O)(CNC(=O)Nc1ccccc1F)C(=O)O. The summed E-state index contributed by atoms with van der Waals surface area (Å²) in [6.07, 6.45) is 0. The van der Waals surface area contributed by atoms with Crippen LogP contribution in [0.3, 0.4) is 0 Å². The maximum Gasteiger partial charge on any atom is 0.337 e. The first-order valence-electron chi connectivity index (χ1n) is 5.08. The molecule has 0 fully saturated rings. The summed E-state index contributed by atoms with van der Waals surface area (Å²) in [4.78, 5) is 21.9. The maximum atomic E-state index is 13.2. The topological polar surface area (TPSA) is 98.7 Å². The number of hydrogen-bond acceptors (Lipinski definition) is 3. The van der Waals surface area contributed by atoms with E-state index in [9.17, 15) is 19.1 Å². The van der Waals surface area contributed by atoms with Gasteiger partial charge in [0.15, 0.2) is 5.60 Å². The quantitative estimate of drug-likeness (QED) is 0.639.